The Morgan fingerprint density at radius 2 is 2.12 bits per heavy atom. The second-order valence-corrected chi connectivity index (χ2v) is 6.00. The second kappa shape index (κ2) is 5.98. The Morgan fingerprint density at radius 3 is 2.76 bits per heavy atom. The summed E-state index contributed by atoms with van der Waals surface area (Å²) in [4.78, 5) is 2.38. The lowest BCUT2D eigenvalue weighted by atomic mass is 10.0. The average molecular weight is 297 g/mol. The lowest BCUT2D eigenvalue weighted by molar-refractivity contribution is 0.259. The molecule has 1 aliphatic rings. The van der Waals surface area contributed by atoms with E-state index < -0.39 is 0 Å². The molecule has 1 saturated carbocycles. The predicted octanol–water partition coefficient (Wildman–Crippen LogP) is 3.01. The van der Waals surface area contributed by atoms with Crippen LogP contribution in [0.15, 0.2) is 28.7 Å². The molecule has 0 aliphatic heterocycles. The van der Waals surface area contributed by atoms with Crippen molar-refractivity contribution in [1.82, 2.24) is 4.90 Å². The Labute approximate surface area is 112 Å². The molecule has 0 bridgehead atoms. The molecule has 2 N–H and O–H groups in total. The Balaban J connectivity index is 1.89. The predicted molar refractivity (Wildman–Crippen MR) is 75.8 cm³/mol. The van der Waals surface area contributed by atoms with E-state index in [4.69, 9.17) is 5.73 Å². The van der Waals surface area contributed by atoms with Crippen LogP contribution in [-0.2, 0) is 6.54 Å². The molecule has 1 aromatic rings. The van der Waals surface area contributed by atoms with E-state index in [1.807, 2.05) is 0 Å². The normalized spacial score (nSPS) is 24.5. The van der Waals surface area contributed by atoms with Gasteiger partial charge < -0.3 is 10.6 Å². The quantitative estimate of drug-likeness (QED) is 0.925. The number of nitrogens with two attached hydrogens (primary N) is 1. The molecule has 3 heteroatoms. The minimum Gasteiger partial charge on any atom is -0.327 e. The summed E-state index contributed by atoms with van der Waals surface area (Å²) < 4.78 is 1.20. The molecule has 1 fully saturated rings. The molecule has 17 heavy (non-hydrogen) atoms. The van der Waals surface area contributed by atoms with Gasteiger partial charge in [-0.25, -0.2) is 0 Å². The first-order valence-corrected chi connectivity index (χ1v) is 7.13. The lowest BCUT2D eigenvalue weighted by Gasteiger charge is -2.24. The zero-order valence-electron chi connectivity index (χ0n) is 10.4. The monoisotopic (exact) mass is 296 g/mol. The highest BCUT2D eigenvalue weighted by atomic mass is 79.9. The first kappa shape index (κ1) is 13.1. The number of nitrogens with zero attached hydrogens (tertiary/aromatic N) is 1. The van der Waals surface area contributed by atoms with Crippen molar-refractivity contribution in [2.24, 2.45) is 11.7 Å². The molecule has 0 radical (unpaired) electrons. The van der Waals surface area contributed by atoms with Gasteiger partial charge in [-0.1, -0.05) is 40.5 Å². The summed E-state index contributed by atoms with van der Waals surface area (Å²) in [5.74, 6) is 0.683. The fourth-order valence-corrected chi connectivity index (χ4v) is 3.08. The van der Waals surface area contributed by atoms with E-state index in [1.54, 1.807) is 0 Å². The number of rotatable bonds is 4. The zero-order chi connectivity index (χ0) is 12.3. The third-order valence-corrected chi connectivity index (χ3v) is 4.44. The van der Waals surface area contributed by atoms with Crippen molar-refractivity contribution < 1.29 is 0 Å². The van der Waals surface area contributed by atoms with E-state index in [9.17, 15) is 0 Å². The number of benzene rings is 1. The molecule has 2 atom stereocenters. The van der Waals surface area contributed by atoms with Crippen molar-refractivity contribution in [1.29, 1.82) is 0 Å². The maximum atomic E-state index is 6.11. The van der Waals surface area contributed by atoms with E-state index in [0.717, 1.165) is 13.1 Å². The summed E-state index contributed by atoms with van der Waals surface area (Å²) in [6.07, 6.45) is 3.80. The second-order valence-electron chi connectivity index (χ2n) is 5.14. The molecule has 94 valence electrons. The molecular formula is C14H21BrN2. The summed E-state index contributed by atoms with van der Waals surface area (Å²) in [5, 5.41) is 0. The summed E-state index contributed by atoms with van der Waals surface area (Å²) in [6.45, 7) is 2.10. The number of hydrogen-bond donors (Lipinski definition) is 1. The molecule has 0 amide bonds. The first-order chi connectivity index (χ1) is 8.16. The fraction of sp³-hybridized carbons (Fsp3) is 0.571. The summed E-state index contributed by atoms with van der Waals surface area (Å²) in [6, 6.07) is 8.84. The minimum atomic E-state index is 0.414. The fourth-order valence-electron chi connectivity index (χ4n) is 2.67. The van der Waals surface area contributed by atoms with E-state index in [1.165, 1.54) is 29.3 Å². The van der Waals surface area contributed by atoms with Gasteiger partial charge in [0.15, 0.2) is 0 Å². The highest BCUT2D eigenvalue weighted by Crippen LogP contribution is 2.25. The van der Waals surface area contributed by atoms with E-state index in [0.29, 0.717) is 12.0 Å². The molecule has 0 spiro atoms. The SMILES string of the molecule is CN(Cc1ccccc1Br)CC1CCCC1N. The highest BCUT2D eigenvalue weighted by Gasteiger charge is 2.24. The van der Waals surface area contributed by atoms with Crippen LogP contribution in [0.4, 0.5) is 0 Å². The van der Waals surface area contributed by atoms with Crippen molar-refractivity contribution in [3.63, 3.8) is 0 Å². The Hall–Kier alpha value is -0.380. The van der Waals surface area contributed by atoms with Crippen molar-refractivity contribution in [2.45, 2.75) is 31.8 Å². The topological polar surface area (TPSA) is 29.3 Å². The smallest absolute Gasteiger partial charge is 0.0242 e. The van der Waals surface area contributed by atoms with E-state index in [2.05, 4.69) is 52.1 Å². The van der Waals surface area contributed by atoms with Gasteiger partial charge in [0.1, 0.15) is 0 Å². The molecule has 0 aromatic heterocycles. The van der Waals surface area contributed by atoms with Gasteiger partial charge in [-0.2, -0.15) is 0 Å². The van der Waals surface area contributed by atoms with Gasteiger partial charge in [0, 0.05) is 23.6 Å². The van der Waals surface area contributed by atoms with Crippen LogP contribution in [0.2, 0.25) is 0 Å². The molecule has 0 saturated heterocycles. The molecule has 2 unspecified atom stereocenters. The van der Waals surface area contributed by atoms with Gasteiger partial charge >= 0.3 is 0 Å². The minimum absolute atomic E-state index is 0.414. The zero-order valence-corrected chi connectivity index (χ0v) is 12.0. The first-order valence-electron chi connectivity index (χ1n) is 6.34. The lowest BCUT2D eigenvalue weighted by Crippen LogP contribution is -2.34. The third kappa shape index (κ3) is 3.54. The maximum absolute atomic E-state index is 6.11. The Kier molecular flexibility index (Phi) is 4.60. The Bertz CT molecular complexity index is 367. The van der Waals surface area contributed by atoms with Gasteiger partial charge in [-0.15, -0.1) is 0 Å². The van der Waals surface area contributed by atoms with E-state index >= 15 is 0 Å². The summed E-state index contributed by atoms with van der Waals surface area (Å²) in [5.41, 5.74) is 7.46. The molecule has 1 aliphatic carbocycles. The Morgan fingerprint density at radius 1 is 1.35 bits per heavy atom. The maximum Gasteiger partial charge on any atom is 0.0242 e. The van der Waals surface area contributed by atoms with Crippen LogP contribution in [-0.4, -0.2) is 24.5 Å². The van der Waals surface area contributed by atoms with E-state index in [-0.39, 0.29) is 0 Å². The van der Waals surface area contributed by atoms with Crippen molar-refractivity contribution in [3.8, 4) is 0 Å². The van der Waals surface area contributed by atoms with Crippen molar-refractivity contribution >= 4 is 15.9 Å². The molecular weight excluding hydrogens is 276 g/mol. The van der Waals surface area contributed by atoms with Gasteiger partial charge in [0.25, 0.3) is 0 Å². The van der Waals surface area contributed by atoms with Crippen LogP contribution < -0.4 is 5.73 Å². The molecule has 2 rings (SSSR count). The number of halogens is 1. The average Bonchev–Trinajstić information content (AvgIpc) is 2.68. The van der Waals surface area contributed by atoms with Gasteiger partial charge in [-0.05, 0) is 37.4 Å². The molecule has 0 heterocycles. The van der Waals surface area contributed by atoms with Crippen LogP contribution in [0.3, 0.4) is 0 Å². The van der Waals surface area contributed by atoms with Crippen LogP contribution >= 0.6 is 15.9 Å². The van der Waals surface area contributed by atoms with Crippen LogP contribution in [0.5, 0.6) is 0 Å². The van der Waals surface area contributed by atoms with Crippen molar-refractivity contribution in [2.75, 3.05) is 13.6 Å². The van der Waals surface area contributed by atoms with Gasteiger partial charge in [-0.3, -0.25) is 0 Å². The summed E-state index contributed by atoms with van der Waals surface area (Å²) in [7, 11) is 2.18. The van der Waals surface area contributed by atoms with Crippen LogP contribution in [0.25, 0.3) is 0 Å². The number of hydrogen-bond acceptors (Lipinski definition) is 2. The molecule has 1 aromatic carbocycles. The third-order valence-electron chi connectivity index (χ3n) is 3.66. The van der Waals surface area contributed by atoms with Crippen molar-refractivity contribution in [3.05, 3.63) is 34.3 Å². The largest absolute Gasteiger partial charge is 0.327 e. The summed E-state index contributed by atoms with van der Waals surface area (Å²) >= 11 is 3.60. The standard InChI is InChI=1S/C14H21BrN2/c1-17(10-12-6-4-8-14(12)16)9-11-5-2-3-7-13(11)15/h2-3,5,7,12,14H,4,6,8-10,16H2,1H3. The van der Waals surface area contributed by atoms with Crippen LogP contribution in [0, 0.1) is 5.92 Å². The molecule has 2 nitrogen and oxygen atoms in total. The van der Waals surface area contributed by atoms with Gasteiger partial charge in [0.05, 0.1) is 0 Å². The highest BCUT2D eigenvalue weighted by molar-refractivity contribution is 9.10. The van der Waals surface area contributed by atoms with Crippen LogP contribution in [0.1, 0.15) is 24.8 Å². The van der Waals surface area contributed by atoms with Gasteiger partial charge in [0.2, 0.25) is 0 Å².